The lowest BCUT2D eigenvalue weighted by Gasteiger charge is -2.47. The maximum absolute atomic E-state index is 6.42. The van der Waals surface area contributed by atoms with Crippen molar-refractivity contribution in [2.24, 2.45) is 11.7 Å². The number of nitrogens with two attached hydrogens (primary N) is 1. The van der Waals surface area contributed by atoms with E-state index < -0.39 is 0 Å². The Kier molecular flexibility index (Phi) is 2.92. The third-order valence-electron chi connectivity index (χ3n) is 4.28. The molecule has 1 aromatic carbocycles. The Morgan fingerprint density at radius 1 is 1.44 bits per heavy atom. The van der Waals surface area contributed by atoms with E-state index in [1.165, 1.54) is 5.56 Å². The van der Waals surface area contributed by atoms with Crippen molar-refractivity contribution in [2.45, 2.75) is 18.5 Å². The highest BCUT2D eigenvalue weighted by Gasteiger charge is 2.40. The minimum Gasteiger partial charge on any atom is -0.495 e. The number of rotatable bonds is 1. The number of benzene rings is 1. The number of hydrogen-bond acceptors (Lipinski definition) is 4. The van der Waals surface area contributed by atoms with Gasteiger partial charge in [-0.2, -0.15) is 0 Å². The van der Waals surface area contributed by atoms with Crippen LogP contribution in [0.2, 0.25) is 0 Å². The second kappa shape index (κ2) is 4.44. The summed E-state index contributed by atoms with van der Waals surface area (Å²) in [6.45, 7) is 1.58. The summed E-state index contributed by atoms with van der Waals surface area (Å²) in [5, 5.41) is 0. The number of nitrogens with zero attached hydrogens (tertiary/aromatic N) is 1. The Balaban J connectivity index is 2.10. The van der Waals surface area contributed by atoms with Crippen LogP contribution in [0.1, 0.15) is 18.0 Å². The first-order valence-corrected chi connectivity index (χ1v) is 6.47. The summed E-state index contributed by atoms with van der Waals surface area (Å²) in [4.78, 5) is 2.32. The van der Waals surface area contributed by atoms with Crippen LogP contribution in [0.3, 0.4) is 0 Å². The van der Waals surface area contributed by atoms with Crippen LogP contribution >= 0.6 is 0 Å². The fourth-order valence-corrected chi connectivity index (χ4v) is 3.32. The maximum Gasteiger partial charge on any atom is 0.142 e. The fraction of sp³-hybridized carbons (Fsp3) is 0.571. The predicted molar refractivity (Wildman–Crippen MR) is 71.0 cm³/mol. The Hall–Kier alpha value is -1.26. The first-order chi connectivity index (χ1) is 8.74. The molecule has 0 aliphatic carbocycles. The molecule has 4 heteroatoms. The molecule has 2 heterocycles. The summed E-state index contributed by atoms with van der Waals surface area (Å²) in [6, 6.07) is 6.61. The van der Waals surface area contributed by atoms with E-state index >= 15 is 0 Å². The summed E-state index contributed by atoms with van der Waals surface area (Å²) in [5.74, 6) is 1.29. The van der Waals surface area contributed by atoms with Gasteiger partial charge >= 0.3 is 0 Å². The maximum atomic E-state index is 6.42. The van der Waals surface area contributed by atoms with E-state index in [9.17, 15) is 0 Å². The molecule has 3 unspecified atom stereocenters. The smallest absolute Gasteiger partial charge is 0.142 e. The molecule has 0 spiro atoms. The molecular formula is C14H20N2O2. The molecule has 18 heavy (non-hydrogen) atoms. The van der Waals surface area contributed by atoms with Crippen LogP contribution in [-0.4, -0.2) is 33.4 Å². The SMILES string of the molecule is COc1cccc2c1N(C)C1CCOCC1C2N. The van der Waals surface area contributed by atoms with Gasteiger partial charge in [-0.15, -0.1) is 0 Å². The highest BCUT2D eigenvalue weighted by molar-refractivity contribution is 5.67. The Labute approximate surface area is 108 Å². The fourth-order valence-electron chi connectivity index (χ4n) is 3.32. The first-order valence-electron chi connectivity index (χ1n) is 6.47. The Morgan fingerprint density at radius 2 is 2.28 bits per heavy atom. The number of para-hydroxylation sites is 1. The minimum atomic E-state index is 0.0385. The number of fused-ring (bicyclic) bond motifs is 2. The lowest BCUT2D eigenvalue weighted by Crippen LogP contribution is -2.52. The van der Waals surface area contributed by atoms with Crippen molar-refractivity contribution in [2.75, 3.05) is 32.3 Å². The van der Waals surface area contributed by atoms with E-state index in [0.717, 1.165) is 31.1 Å². The van der Waals surface area contributed by atoms with E-state index in [0.29, 0.717) is 12.0 Å². The molecule has 2 aliphatic heterocycles. The van der Waals surface area contributed by atoms with Crippen molar-refractivity contribution >= 4 is 5.69 Å². The summed E-state index contributed by atoms with van der Waals surface area (Å²) in [5.41, 5.74) is 8.74. The van der Waals surface area contributed by atoms with Gasteiger partial charge in [-0.1, -0.05) is 12.1 Å². The lowest BCUT2D eigenvalue weighted by molar-refractivity contribution is 0.0270. The van der Waals surface area contributed by atoms with Gasteiger partial charge in [-0.05, 0) is 18.1 Å². The van der Waals surface area contributed by atoms with Gasteiger partial charge < -0.3 is 20.1 Å². The van der Waals surface area contributed by atoms with Crippen LogP contribution < -0.4 is 15.4 Å². The summed E-state index contributed by atoms with van der Waals surface area (Å²) < 4.78 is 11.1. The molecule has 0 aromatic heterocycles. The van der Waals surface area contributed by atoms with Gasteiger partial charge in [0.25, 0.3) is 0 Å². The molecule has 0 bridgehead atoms. The lowest BCUT2D eigenvalue weighted by atomic mass is 9.80. The van der Waals surface area contributed by atoms with Crippen molar-refractivity contribution in [3.05, 3.63) is 23.8 Å². The molecule has 1 saturated heterocycles. The minimum absolute atomic E-state index is 0.0385. The second-order valence-electron chi connectivity index (χ2n) is 5.13. The summed E-state index contributed by atoms with van der Waals surface area (Å²) in [7, 11) is 3.85. The van der Waals surface area contributed by atoms with Crippen LogP contribution in [0.25, 0.3) is 0 Å². The number of hydrogen-bond donors (Lipinski definition) is 1. The zero-order valence-electron chi connectivity index (χ0n) is 10.9. The van der Waals surface area contributed by atoms with Crippen LogP contribution in [0.15, 0.2) is 18.2 Å². The van der Waals surface area contributed by atoms with Gasteiger partial charge in [0.1, 0.15) is 5.75 Å². The van der Waals surface area contributed by atoms with E-state index in [1.807, 2.05) is 12.1 Å². The van der Waals surface area contributed by atoms with Gasteiger partial charge in [0.2, 0.25) is 0 Å². The van der Waals surface area contributed by atoms with Crippen LogP contribution in [0.4, 0.5) is 5.69 Å². The van der Waals surface area contributed by atoms with Crippen molar-refractivity contribution < 1.29 is 9.47 Å². The van der Waals surface area contributed by atoms with E-state index in [-0.39, 0.29) is 6.04 Å². The average molecular weight is 248 g/mol. The molecule has 1 aromatic rings. The molecule has 1 fully saturated rings. The summed E-state index contributed by atoms with van der Waals surface area (Å²) >= 11 is 0. The highest BCUT2D eigenvalue weighted by atomic mass is 16.5. The van der Waals surface area contributed by atoms with Gasteiger partial charge in [0.15, 0.2) is 0 Å². The Morgan fingerprint density at radius 3 is 3.06 bits per heavy atom. The normalized spacial score (nSPS) is 30.6. The Bertz CT molecular complexity index is 449. The van der Waals surface area contributed by atoms with E-state index in [4.69, 9.17) is 15.2 Å². The quantitative estimate of drug-likeness (QED) is 0.819. The second-order valence-corrected chi connectivity index (χ2v) is 5.13. The van der Waals surface area contributed by atoms with Gasteiger partial charge in [0.05, 0.1) is 19.4 Å². The zero-order chi connectivity index (χ0) is 12.7. The van der Waals surface area contributed by atoms with Gasteiger partial charge in [-0.25, -0.2) is 0 Å². The molecule has 2 N–H and O–H groups in total. The molecule has 4 nitrogen and oxygen atoms in total. The first kappa shape index (κ1) is 11.8. The third-order valence-corrected chi connectivity index (χ3v) is 4.28. The topological polar surface area (TPSA) is 47.7 Å². The highest BCUT2D eigenvalue weighted by Crippen LogP contribution is 2.45. The average Bonchev–Trinajstić information content (AvgIpc) is 2.44. The van der Waals surface area contributed by atoms with Crippen LogP contribution in [0.5, 0.6) is 5.75 Å². The molecule has 3 rings (SSSR count). The third kappa shape index (κ3) is 1.60. The molecule has 3 atom stereocenters. The zero-order valence-corrected chi connectivity index (χ0v) is 10.9. The number of methoxy groups -OCH3 is 1. The van der Waals surface area contributed by atoms with Crippen molar-refractivity contribution in [1.29, 1.82) is 0 Å². The van der Waals surface area contributed by atoms with Gasteiger partial charge in [0, 0.05) is 31.7 Å². The largest absolute Gasteiger partial charge is 0.495 e. The molecule has 0 amide bonds. The molecule has 0 radical (unpaired) electrons. The predicted octanol–water partition coefficient (Wildman–Crippen LogP) is 1.55. The van der Waals surface area contributed by atoms with Crippen LogP contribution in [-0.2, 0) is 4.74 Å². The molecular weight excluding hydrogens is 228 g/mol. The number of anilines is 1. The molecule has 0 saturated carbocycles. The molecule has 2 aliphatic rings. The molecule has 98 valence electrons. The van der Waals surface area contributed by atoms with Crippen molar-refractivity contribution in [3.8, 4) is 5.75 Å². The van der Waals surface area contributed by atoms with E-state index in [2.05, 4.69) is 18.0 Å². The van der Waals surface area contributed by atoms with Crippen molar-refractivity contribution in [3.63, 3.8) is 0 Å². The monoisotopic (exact) mass is 248 g/mol. The van der Waals surface area contributed by atoms with Gasteiger partial charge in [-0.3, -0.25) is 0 Å². The van der Waals surface area contributed by atoms with Crippen molar-refractivity contribution in [1.82, 2.24) is 0 Å². The van der Waals surface area contributed by atoms with E-state index in [1.54, 1.807) is 7.11 Å². The summed E-state index contributed by atoms with van der Waals surface area (Å²) in [6.07, 6.45) is 1.03. The standard InChI is InChI=1S/C14H20N2O2/c1-16-11-6-7-18-8-10(11)13(15)9-4-3-5-12(17-2)14(9)16/h3-5,10-11,13H,6-8,15H2,1-2H3. The number of ether oxygens (including phenoxy) is 2. The van der Waals surface area contributed by atoms with Crippen LogP contribution in [0, 0.1) is 5.92 Å².